The SMILES string of the molecule is Cc1ccc(-c2nc3c(o2)CCN(c2ccccc2N2CCOCC2)C3)nc1. The van der Waals surface area contributed by atoms with Crippen LogP contribution >= 0.6 is 0 Å². The highest BCUT2D eigenvalue weighted by atomic mass is 16.5. The summed E-state index contributed by atoms with van der Waals surface area (Å²) in [5, 5.41) is 0. The summed E-state index contributed by atoms with van der Waals surface area (Å²) in [5.74, 6) is 1.60. The summed E-state index contributed by atoms with van der Waals surface area (Å²) in [6.07, 6.45) is 2.70. The number of nitrogens with zero attached hydrogens (tertiary/aromatic N) is 4. The number of oxazole rings is 1. The van der Waals surface area contributed by atoms with E-state index in [9.17, 15) is 0 Å². The van der Waals surface area contributed by atoms with Crippen LogP contribution in [0.15, 0.2) is 47.0 Å². The lowest BCUT2D eigenvalue weighted by atomic mass is 10.1. The van der Waals surface area contributed by atoms with Crippen molar-refractivity contribution in [2.24, 2.45) is 0 Å². The van der Waals surface area contributed by atoms with Gasteiger partial charge >= 0.3 is 0 Å². The van der Waals surface area contributed by atoms with Gasteiger partial charge in [0.1, 0.15) is 17.1 Å². The lowest BCUT2D eigenvalue weighted by molar-refractivity contribution is 0.122. The summed E-state index contributed by atoms with van der Waals surface area (Å²) in [5.41, 5.74) is 5.47. The van der Waals surface area contributed by atoms with Crippen molar-refractivity contribution in [3.05, 3.63) is 59.6 Å². The molecule has 0 unspecified atom stereocenters. The molecule has 1 saturated heterocycles. The van der Waals surface area contributed by atoms with E-state index >= 15 is 0 Å². The molecule has 0 saturated carbocycles. The normalized spacial score (nSPS) is 16.9. The van der Waals surface area contributed by atoms with Crippen LogP contribution in [0.1, 0.15) is 17.0 Å². The second-order valence-electron chi connectivity index (χ2n) is 7.37. The van der Waals surface area contributed by atoms with Crippen LogP contribution < -0.4 is 9.80 Å². The van der Waals surface area contributed by atoms with E-state index in [4.69, 9.17) is 14.1 Å². The van der Waals surface area contributed by atoms with Crippen LogP contribution in [0.25, 0.3) is 11.6 Å². The Morgan fingerprint density at radius 2 is 1.71 bits per heavy atom. The first-order chi connectivity index (χ1) is 13.8. The third kappa shape index (κ3) is 3.24. The van der Waals surface area contributed by atoms with Crippen molar-refractivity contribution in [2.75, 3.05) is 42.6 Å². The number of para-hydroxylation sites is 2. The maximum Gasteiger partial charge on any atom is 0.245 e. The zero-order valence-corrected chi connectivity index (χ0v) is 16.1. The van der Waals surface area contributed by atoms with Crippen LogP contribution in [0.3, 0.4) is 0 Å². The number of aryl methyl sites for hydroxylation is 1. The number of rotatable bonds is 3. The van der Waals surface area contributed by atoms with Crippen molar-refractivity contribution in [1.29, 1.82) is 0 Å². The fraction of sp³-hybridized carbons (Fsp3) is 0.364. The van der Waals surface area contributed by atoms with Gasteiger partial charge in [-0.15, -0.1) is 0 Å². The van der Waals surface area contributed by atoms with Crippen molar-refractivity contribution in [3.8, 4) is 11.6 Å². The van der Waals surface area contributed by atoms with E-state index in [-0.39, 0.29) is 0 Å². The maximum absolute atomic E-state index is 6.04. The van der Waals surface area contributed by atoms with Gasteiger partial charge in [-0.2, -0.15) is 0 Å². The molecule has 2 aliphatic rings. The van der Waals surface area contributed by atoms with Gasteiger partial charge in [-0.05, 0) is 30.7 Å². The maximum atomic E-state index is 6.04. The van der Waals surface area contributed by atoms with Crippen LogP contribution in [0.4, 0.5) is 11.4 Å². The first kappa shape index (κ1) is 17.3. The lowest BCUT2D eigenvalue weighted by Gasteiger charge is -2.35. The second-order valence-corrected chi connectivity index (χ2v) is 7.37. The number of ether oxygens (including phenoxy) is 1. The number of aromatic nitrogens is 2. The highest BCUT2D eigenvalue weighted by Crippen LogP contribution is 2.34. The van der Waals surface area contributed by atoms with Gasteiger partial charge in [-0.1, -0.05) is 18.2 Å². The molecule has 6 nitrogen and oxygen atoms in total. The average Bonchev–Trinajstić information content (AvgIpc) is 3.18. The first-order valence-corrected chi connectivity index (χ1v) is 9.86. The topological polar surface area (TPSA) is 54.6 Å². The van der Waals surface area contributed by atoms with E-state index in [0.29, 0.717) is 5.89 Å². The van der Waals surface area contributed by atoms with E-state index in [0.717, 1.165) is 68.5 Å². The Morgan fingerprint density at radius 1 is 0.929 bits per heavy atom. The van der Waals surface area contributed by atoms with Crippen LogP contribution in [0.2, 0.25) is 0 Å². The molecule has 144 valence electrons. The number of anilines is 2. The number of benzene rings is 1. The molecule has 3 aromatic rings. The molecule has 2 aromatic heterocycles. The van der Waals surface area contributed by atoms with Crippen molar-refractivity contribution in [3.63, 3.8) is 0 Å². The molecule has 4 heterocycles. The molecule has 0 radical (unpaired) electrons. The monoisotopic (exact) mass is 376 g/mol. The molecule has 1 fully saturated rings. The smallest absolute Gasteiger partial charge is 0.245 e. The second kappa shape index (κ2) is 7.28. The van der Waals surface area contributed by atoms with Gasteiger partial charge in [0, 0.05) is 32.3 Å². The van der Waals surface area contributed by atoms with E-state index in [1.165, 1.54) is 11.4 Å². The molecule has 6 heteroatoms. The van der Waals surface area contributed by atoms with Gasteiger partial charge in [-0.25, -0.2) is 4.98 Å². The Kier molecular flexibility index (Phi) is 4.49. The van der Waals surface area contributed by atoms with Crippen molar-refractivity contribution in [2.45, 2.75) is 19.9 Å². The highest BCUT2D eigenvalue weighted by molar-refractivity contribution is 5.72. The van der Waals surface area contributed by atoms with Gasteiger partial charge in [0.05, 0.1) is 31.1 Å². The van der Waals surface area contributed by atoms with Gasteiger partial charge in [-0.3, -0.25) is 4.98 Å². The Bertz CT molecular complexity index is 961. The summed E-state index contributed by atoms with van der Waals surface area (Å²) < 4.78 is 11.6. The molecule has 0 amide bonds. The van der Waals surface area contributed by atoms with Crippen molar-refractivity contribution >= 4 is 11.4 Å². The van der Waals surface area contributed by atoms with Crippen LogP contribution in [0.5, 0.6) is 0 Å². The molecule has 0 atom stereocenters. The van der Waals surface area contributed by atoms with Crippen molar-refractivity contribution in [1.82, 2.24) is 9.97 Å². The summed E-state index contributed by atoms with van der Waals surface area (Å²) in [6, 6.07) is 12.6. The quantitative estimate of drug-likeness (QED) is 0.698. The van der Waals surface area contributed by atoms with Crippen molar-refractivity contribution < 1.29 is 9.15 Å². The summed E-state index contributed by atoms with van der Waals surface area (Å²) >= 11 is 0. The molecule has 5 rings (SSSR count). The molecule has 0 aliphatic carbocycles. The van der Waals surface area contributed by atoms with Gasteiger partial charge < -0.3 is 19.0 Å². The van der Waals surface area contributed by atoms with Crippen LogP contribution in [-0.2, 0) is 17.7 Å². The fourth-order valence-corrected chi connectivity index (χ4v) is 3.91. The van der Waals surface area contributed by atoms with Gasteiger partial charge in [0.15, 0.2) is 0 Å². The minimum absolute atomic E-state index is 0.619. The average molecular weight is 376 g/mol. The molecule has 0 N–H and O–H groups in total. The number of fused-ring (bicyclic) bond motifs is 1. The van der Waals surface area contributed by atoms with Gasteiger partial charge in [0.2, 0.25) is 5.89 Å². The lowest BCUT2D eigenvalue weighted by Crippen LogP contribution is -2.38. The third-order valence-corrected chi connectivity index (χ3v) is 5.43. The Hall–Kier alpha value is -2.86. The summed E-state index contributed by atoms with van der Waals surface area (Å²) in [4.78, 5) is 14.0. The molecular weight excluding hydrogens is 352 g/mol. The zero-order valence-electron chi connectivity index (χ0n) is 16.1. The van der Waals surface area contributed by atoms with Crippen LogP contribution in [0, 0.1) is 6.92 Å². The predicted molar refractivity (Wildman–Crippen MR) is 109 cm³/mol. The van der Waals surface area contributed by atoms with E-state index in [1.807, 2.05) is 25.3 Å². The first-order valence-electron chi connectivity index (χ1n) is 9.86. The highest BCUT2D eigenvalue weighted by Gasteiger charge is 2.26. The standard InChI is InChI=1S/C22H24N4O2/c1-16-6-7-17(23-14-16)22-24-18-15-26(9-8-21(18)28-22)20-5-3-2-4-19(20)25-10-12-27-13-11-25/h2-7,14H,8-13,15H2,1H3. The Labute approximate surface area is 164 Å². The molecule has 28 heavy (non-hydrogen) atoms. The fourth-order valence-electron chi connectivity index (χ4n) is 3.91. The summed E-state index contributed by atoms with van der Waals surface area (Å²) in [7, 11) is 0. The molecule has 0 bridgehead atoms. The Morgan fingerprint density at radius 3 is 2.46 bits per heavy atom. The molecule has 1 aromatic carbocycles. The van der Waals surface area contributed by atoms with Gasteiger partial charge in [0.25, 0.3) is 0 Å². The minimum atomic E-state index is 0.619. The zero-order chi connectivity index (χ0) is 18.9. The van der Waals surface area contributed by atoms with E-state index in [1.54, 1.807) is 0 Å². The number of pyridine rings is 1. The minimum Gasteiger partial charge on any atom is -0.439 e. The predicted octanol–water partition coefficient (Wildman–Crippen LogP) is 3.44. The van der Waals surface area contributed by atoms with Crippen LogP contribution in [-0.4, -0.2) is 42.8 Å². The molecule has 0 spiro atoms. The number of hydrogen-bond acceptors (Lipinski definition) is 6. The summed E-state index contributed by atoms with van der Waals surface area (Å²) in [6.45, 7) is 7.15. The molecule has 2 aliphatic heterocycles. The number of morpholine rings is 1. The largest absolute Gasteiger partial charge is 0.439 e. The van der Waals surface area contributed by atoms with E-state index in [2.05, 4.69) is 39.0 Å². The van der Waals surface area contributed by atoms with E-state index < -0.39 is 0 Å². The number of hydrogen-bond donors (Lipinski definition) is 0. The Balaban J connectivity index is 1.41. The third-order valence-electron chi connectivity index (χ3n) is 5.43. The molecular formula is C22H24N4O2.